The smallest absolute Gasteiger partial charge is 0.463 e. The van der Waals surface area contributed by atoms with Gasteiger partial charge in [-0.1, -0.05) is 240 Å². The average molecular weight is 1330 g/mol. The molecule has 5 unspecified atom stereocenters. The van der Waals surface area contributed by atoms with Crippen LogP contribution in [0.25, 0.3) is 0 Å². The molecule has 0 aliphatic heterocycles. The molecule has 0 aliphatic rings. The SMILES string of the molecule is CC/C=C\C/C=C\C/C=C\C/C=C\C/C=C\C/C=C\CCC(=O)OCC(O)COP(=O)(O)OCC(O)COP(=O)(O)OCC(COC(=O)CC/C=C\C/C=C\C/C=C\C/C=C\C/C=C\C/C=C\CC)OC(=O)CC/C=C\C/C=C\C/C=C\C/C=C\C/C=C\C/C=C\CC. The van der Waals surface area contributed by atoms with Crippen molar-refractivity contribution in [1.82, 2.24) is 0 Å². The monoisotopic (exact) mass is 1330 g/mol. The fraction of sp³-hybridized carbons (Fsp3) is 0.480. The first-order valence-corrected chi connectivity index (χ1v) is 36.0. The first kappa shape index (κ1) is 86.9. The minimum Gasteiger partial charge on any atom is -0.463 e. The van der Waals surface area contributed by atoms with Crippen LogP contribution < -0.4 is 0 Å². The lowest BCUT2D eigenvalue weighted by molar-refractivity contribution is -0.161. The molecule has 0 saturated carbocycles. The Morgan fingerprint density at radius 2 is 0.495 bits per heavy atom. The molecule has 0 heterocycles. The molecule has 0 fully saturated rings. The highest BCUT2D eigenvalue weighted by atomic mass is 31.2. The molecule has 0 aromatic carbocycles. The first-order valence-electron chi connectivity index (χ1n) is 33.0. The van der Waals surface area contributed by atoms with Crippen molar-refractivity contribution in [2.24, 2.45) is 0 Å². The Morgan fingerprint density at radius 3 is 0.753 bits per heavy atom. The normalized spacial score (nSPS) is 15.6. The Morgan fingerprint density at radius 1 is 0.290 bits per heavy atom. The van der Waals surface area contributed by atoms with Gasteiger partial charge in [0.25, 0.3) is 0 Å². The predicted molar refractivity (Wildman–Crippen MR) is 380 cm³/mol. The Balaban J connectivity index is 4.98. The van der Waals surface area contributed by atoms with Crippen molar-refractivity contribution in [3.05, 3.63) is 219 Å². The van der Waals surface area contributed by atoms with Crippen LogP contribution in [0.15, 0.2) is 219 Å². The van der Waals surface area contributed by atoms with Gasteiger partial charge in [-0.25, -0.2) is 9.13 Å². The van der Waals surface area contributed by atoms with Gasteiger partial charge in [-0.3, -0.25) is 32.5 Å². The highest BCUT2D eigenvalue weighted by molar-refractivity contribution is 7.47. The second-order valence-corrected chi connectivity index (χ2v) is 23.7. The number of esters is 3. The summed E-state index contributed by atoms with van der Waals surface area (Å²) in [7, 11) is -9.87. The first-order chi connectivity index (χ1) is 45.2. The number of aliphatic hydroxyl groups excluding tert-OH is 2. The topological polar surface area (TPSA) is 231 Å². The third-order valence-corrected chi connectivity index (χ3v) is 14.1. The van der Waals surface area contributed by atoms with Gasteiger partial charge in [0, 0.05) is 19.3 Å². The maximum absolute atomic E-state index is 12.9. The van der Waals surface area contributed by atoms with E-state index < -0.39 is 91.5 Å². The molecule has 0 saturated heterocycles. The molecule has 0 amide bonds. The molecule has 0 aromatic rings. The molecule has 0 radical (unpaired) electrons. The van der Waals surface area contributed by atoms with Gasteiger partial charge >= 0.3 is 33.6 Å². The molecule has 4 N–H and O–H groups in total. The Kier molecular flexibility index (Phi) is 61.6. The maximum Gasteiger partial charge on any atom is 0.472 e. The average Bonchev–Trinajstić information content (AvgIpc) is 3.57. The lowest BCUT2D eigenvalue weighted by atomic mass is 10.2. The van der Waals surface area contributed by atoms with E-state index in [1.165, 1.54) is 0 Å². The van der Waals surface area contributed by atoms with Crippen molar-refractivity contribution in [1.29, 1.82) is 0 Å². The van der Waals surface area contributed by atoms with Gasteiger partial charge in [0.05, 0.1) is 26.4 Å². The number of phosphoric ester groups is 2. The van der Waals surface area contributed by atoms with Crippen LogP contribution in [0.5, 0.6) is 0 Å². The summed E-state index contributed by atoms with van der Waals surface area (Å²) < 4.78 is 60.6. The van der Waals surface area contributed by atoms with Crippen LogP contribution in [0.2, 0.25) is 0 Å². The van der Waals surface area contributed by atoms with Crippen molar-refractivity contribution in [3.8, 4) is 0 Å². The number of carbonyl (C=O) groups is 3. The van der Waals surface area contributed by atoms with Gasteiger partial charge in [0.15, 0.2) is 6.10 Å². The van der Waals surface area contributed by atoms with E-state index in [2.05, 4.69) is 185 Å². The van der Waals surface area contributed by atoms with E-state index in [9.17, 15) is 43.5 Å². The van der Waals surface area contributed by atoms with Crippen LogP contribution in [0.1, 0.15) is 175 Å². The summed E-state index contributed by atoms with van der Waals surface area (Å²) in [4.78, 5) is 58.3. The minimum atomic E-state index is -4.98. The summed E-state index contributed by atoms with van der Waals surface area (Å²) >= 11 is 0. The number of ether oxygens (including phenoxy) is 3. The molecule has 0 rings (SSSR count). The lowest BCUT2D eigenvalue weighted by Crippen LogP contribution is -2.29. The summed E-state index contributed by atoms with van der Waals surface area (Å²) in [5.74, 6) is -1.89. The number of aliphatic hydroxyl groups is 2. The van der Waals surface area contributed by atoms with Crippen molar-refractivity contribution in [3.63, 3.8) is 0 Å². The van der Waals surface area contributed by atoms with Gasteiger partial charge in [-0.05, 0) is 135 Å². The van der Waals surface area contributed by atoms with Gasteiger partial charge < -0.3 is 34.2 Å². The molecule has 5 atom stereocenters. The van der Waals surface area contributed by atoms with Gasteiger partial charge in [-0.2, -0.15) is 0 Å². The van der Waals surface area contributed by atoms with Crippen LogP contribution in [0, 0.1) is 0 Å². The number of hydrogen-bond acceptors (Lipinski definition) is 14. The predicted octanol–water partition coefficient (Wildman–Crippen LogP) is 18.4. The van der Waals surface area contributed by atoms with E-state index in [1.54, 1.807) is 0 Å². The Labute approximate surface area is 558 Å². The Bertz CT molecular complexity index is 2570. The highest BCUT2D eigenvalue weighted by Crippen LogP contribution is 2.45. The van der Waals surface area contributed by atoms with Crippen LogP contribution in [-0.4, -0.2) is 95.9 Å². The minimum absolute atomic E-state index is 0.0165. The van der Waals surface area contributed by atoms with Crippen LogP contribution >= 0.6 is 15.6 Å². The lowest BCUT2D eigenvalue weighted by Gasteiger charge is -2.21. The molecule has 0 spiro atoms. The Hall–Kier alpha value is -6.13. The summed E-state index contributed by atoms with van der Waals surface area (Å²) in [6.45, 7) is 1.98. The zero-order valence-electron chi connectivity index (χ0n) is 55.8. The largest absolute Gasteiger partial charge is 0.472 e. The molecule has 0 aromatic heterocycles. The van der Waals surface area contributed by atoms with Crippen molar-refractivity contribution in [2.45, 2.75) is 193 Å². The zero-order chi connectivity index (χ0) is 68.1. The van der Waals surface area contributed by atoms with Crippen LogP contribution in [0.3, 0.4) is 0 Å². The molecule has 518 valence electrons. The number of phosphoric acid groups is 2. The number of rotatable bonds is 59. The van der Waals surface area contributed by atoms with Gasteiger partial charge in [0.1, 0.15) is 25.4 Å². The molecule has 0 aliphatic carbocycles. The summed E-state index contributed by atoms with van der Waals surface area (Å²) in [5.41, 5.74) is 0. The van der Waals surface area contributed by atoms with E-state index in [1.807, 2.05) is 54.7 Å². The number of hydrogen-bond donors (Lipinski definition) is 4. The van der Waals surface area contributed by atoms with Crippen LogP contribution in [0.4, 0.5) is 0 Å². The molecular weight excluding hydrogens is 1220 g/mol. The van der Waals surface area contributed by atoms with Crippen molar-refractivity contribution in [2.75, 3.05) is 39.6 Å². The van der Waals surface area contributed by atoms with Gasteiger partial charge in [0.2, 0.25) is 0 Å². The molecule has 93 heavy (non-hydrogen) atoms. The van der Waals surface area contributed by atoms with E-state index >= 15 is 0 Å². The molecular formula is C75H112O16P2. The van der Waals surface area contributed by atoms with Crippen molar-refractivity contribution < 1.29 is 75.8 Å². The molecule has 18 heteroatoms. The standard InChI is InChI=1S/C75H112O16P2/c1-4-7-10-13-16-19-22-25-28-31-34-37-40-43-46-49-52-55-58-61-73(78)85-64-70(76)65-87-92(81,82)88-66-71(77)67-89-93(83,84)90-69-72(91-75(80)63-60-57-54-51-48-45-42-39-36-33-30-27-24-21-18-15-12-9-6-3)68-86-74(79)62-59-56-53-50-47-44-41-38-35-32-29-26-23-20-17-14-11-8-5-2/h7-12,16-21,25-30,34-39,43-48,52-57,70-72,76-77H,4-6,13-15,22-24,31-33,40-42,49-51,58-69H2,1-3H3,(H,81,82)(H,83,84)/b10-7-,11-8-,12-9-,19-16-,20-17-,21-18-,28-25-,29-26-,30-27-,37-34-,38-35-,39-36-,46-43-,47-44-,48-45-,55-52-,56-53-,57-54-. The van der Waals surface area contributed by atoms with Crippen LogP contribution in [-0.2, 0) is 55.8 Å². The highest BCUT2D eigenvalue weighted by Gasteiger charge is 2.29. The number of carbonyl (C=O) groups excluding carboxylic acids is 3. The second-order valence-electron chi connectivity index (χ2n) is 20.8. The second kappa shape index (κ2) is 65.9. The van der Waals surface area contributed by atoms with E-state index in [0.29, 0.717) is 38.5 Å². The maximum atomic E-state index is 12.9. The molecule has 16 nitrogen and oxygen atoms in total. The van der Waals surface area contributed by atoms with Crippen molar-refractivity contribution >= 4 is 33.6 Å². The fourth-order valence-corrected chi connectivity index (χ4v) is 8.88. The summed E-state index contributed by atoms with van der Waals surface area (Å²) in [6, 6.07) is 0. The molecule has 0 bridgehead atoms. The number of allylic oxidation sites excluding steroid dienone is 36. The van der Waals surface area contributed by atoms with Gasteiger partial charge in [-0.15, -0.1) is 0 Å². The third kappa shape index (κ3) is 67.1. The third-order valence-electron chi connectivity index (χ3n) is 12.2. The quantitative estimate of drug-likeness (QED) is 0.0192. The summed E-state index contributed by atoms with van der Waals surface area (Å²) in [5, 5.41) is 20.5. The van der Waals surface area contributed by atoms with E-state index in [4.69, 9.17) is 32.3 Å². The summed E-state index contributed by atoms with van der Waals surface area (Å²) in [6.07, 6.45) is 87.6. The van der Waals surface area contributed by atoms with E-state index in [-0.39, 0.29) is 19.3 Å². The fourth-order valence-electron chi connectivity index (χ4n) is 7.29. The van der Waals surface area contributed by atoms with E-state index in [0.717, 1.165) is 96.3 Å². The zero-order valence-corrected chi connectivity index (χ0v) is 57.6.